The summed E-state index contributed by atoms with van der Waals surface area (Å²) in [4.78, 5) is 0. The second kappa shape index (κ2) is 7.69. The summed E-state index contributed by atoms with van der Waals surface area (Å²) >= 11 is 0. The third-order valence-electron chi connectivity index (χ3n) is 8.45. The van der Waals surface area contributed by atoms with Gasteiger partial charge in [-0.2, -0.15) is 0 Å². The van der Waals surface area contributed by atoms with Gasteiger partial charge in [-0.25, -0.2) is 0 Å². The van der Waals surface area contributed by atoms with Gasteiger partial charge in [0.1, 0.15) is 0 Å². The van der Waals surface area contributed by atoms with Crippen LogP contribution in [-0.2, 0) is 0 Å². The Hall–Kier alpha value is -5.14. The largest absolute Gasteiger partial charge is 0.308 e. The molecule has 0 amide bonds. The molecule has 9 rings (SSSR count). The van der Waals surface area contributed by atoms with E-state index < -0.39 is 0 Å². The fourth-order valence-corrected chi connectivity index (χ4v) is 6.57. The van der Waals surface area contributed by atoms with Crippen LogP contribution in [0.2, 0.25) is 0 Å². The minimum Gasteiger partial charge on any atom is -0.308 e. The van der Waals surface area contributed by atoms with Crippen molar-refractivity contribution in [2.45, 2.75) is 0 Å². The van der Waals surface area contributed by atoms with Crippen LogP contribution in [0.25, 0.3) is 81.9 Å². The summed E-state index contributed by atoms with van der Waals surface area (Å²) in [7, 11) is 0. The highest BCUT2D eigenvalue weighted by atomic mass is 14.9. The summed E-state index contributed by atoms with van der Waals surface area (Å²) in [6, 6.07) is 51.3. The van der Waals surface area contributed by atoms with Crippen LogP contribution >= 0.6 is 0 Å². The molecule has 1 heteroatoms. The molecule has 0 spiro atoms. The Balaban J connectivity index is 1.39. The zero-order valence-corrected chi connectivity index (χ0v) is 21.2. The maximum Gasteiger partial charge on any atom is 0.0620 e. The SMILES string of the molecule is c1ccc(-c2ccc(-c3cc4c5cc6ccccc6cc5n5c6cc7ccccc7cc6c(c3)c45)cc2)cc1. The average molecular weight is 494 g/mol. The summed E-state index contributed by atoms with van der Waals surface area (Å²) in [6.07, 6.45) is 0. The molecule has 180 valence electrons. The van der Waals surface area contributed by atoms with Crippen LogP contribution in [0.3, 0.4) is 0 Å². The number of benzene rings is 7. The number of rotatable bonds is 2. The van der Waals surface area contributed by atoms with E-state index in [0.29, 0.717) is 0 Å². The lowest BCUT2D eigenvalue weighted by molar-refractivity contribution is 1.38. The molecule has 0 aliphatic carbocycles. The van der Waals surface area contributed by atoms with Crippen LogP contribution in [-0.4, -0.2) is 4.40 Å². The van der Waals surface area contributed by atoms with Crippen LogP contribution < -0.4 is 0 Å². The van der Waals surface area contributed by atoms with E-state index in [2.05, 4.69) is 144 Å². The van der Waals surface area contributed by atoms with Gasteiger partial charge in [-0.15, -0.1) is 0 Å². The molecule has 0 saturated carbocycles. The number of nitrogens with zero attached hydrogens (tertiary/aromatic N) is 1. The monoisotopic (exact) mass is 493 g/mol. The van der Waals surface area contributed by atoms with Crippen LogP contribution in [0.5, 0.6) is 0 Å². The Labute approximate surface area is 225 Å². The summed E-state index contributed by atoms with van der Waals surface area (Å²) < 4.78 is 2.50. The van der Waals surface area contributed by atoms with Gasteiger partial charge in [0.2, 0.25) is 0 Å². The Bertz CT molecular complexity index is 2230. The summed E-state index contributed by atoms with van der Waals surface area (Å²) in [5.41, 5.74) is 8.84. The first kappa shape index (κ1) is 20.9. The molecule has 0 fully saturated rings. The molecule has 0 aliphatic heterocycles. The molecule has 39 heavy (non-hydrogen) atoms. The second-order valence-corrected chi connectivity index (χ2v) is 10.6. The van der Waals surface area contributed by atoms with Crippen molar-refractivity contribution in [3.63, 3.8) is 0 Å². The predicted octanol–water partition coefficient (Wildman–Crippen LogP) is 10.5. The topological polar surface area (TPSA) is 4.41 Å². The van der Waals surface area contributed by atoms with Crippen LogP contribution in [0.1, 0.15) is 0 Å². The normalized spacial score (nSPS) is 12.1. The second-order valence-electron chi connectivity index (χ2n) is 10.6. The summed E-state index contributed by atoms with van der Waals surface area (Å²) in [5, 5.41) is 10.4. The van der Waals surface area contributed by atoms with Gasteiger partial charge in [0.25, 0.3) is 0 Å². The van der Waals surface area contributed by atoms with Crippen molar-refractivity contribution in [2.24, 2.45) is 0 Å². The smallest absolute Gasteiger partial charge is 0.0620 e. The molecule has 0 saturated heterocycles. The average Bonchev–Trinajstić information content (AvgIpc) is 3.49. The Morgan fingerprint density at radius 1 is 0.308 bits per heavy atom. The lowest BCUT2D eigenvalue weighted by atomic mass is 9.96. The van der Waals surface area contributed by atoms with Gasteiger partial charge in [-0.1, -0.05) is 103 Å². The van der Waals surface area contributed by atoms with E-state index in [4.69, 9.17) is 0 Å². The molecular formula is C38H23N. The highest BCUT2D eigenvalue weighted by Gasteiger charge is 2.20. The van der Waals surface area contributed by atoms with E-state index in [1.165, 1.54) is 81.9 Å². The van der Waals surface area contributed by atoms with Gasteiger partial charge in [0.15, 0.2) is 0 Å². The Kier molecular flexibility index (Phi) is 4.11. The van der Waals surface area contributed by atoms with Crippen LogP contribution in [0, 0.1) is 0 Å². The van der Waals surface area contributed by atoms with Gasteiger partial charge < -0.3 is 4.40 Å². The lowest BCUT2D eigenvalue weighted by Crippen LogP contribution is -1.82. The fourth-order valence-electron chi connectivity index (χ4n) is 6.57. The first-order chi connectivity index (χ1) is 19.3. The van der Waals surface area contributed by atoms with Gasteiger partial charge >= 0.3 is 0 Å². The molecule has 0 atom stereocenters. The van der Waals surface area contributed by atoms with E-state index in [1.54, 1.807) is 0 Å². The van der Waals surface area contributed by atoms with Crippen molar-refractivity contribution in [3.05, 3.63) is 140 Å². The first-order valence-corrected chi connectivity index (χ1v) is 13.5. The molecule has 7 aromatic carbocycles. The van der Waals surface area contributed by atoms with Crippen molar-refractivity contribution in [3.8, 4) is 22.3 Å². The van der Waals surface area contributed by atoms with Gasteiger partial charge in [0, 0.05) is 21.5 Å². The first-order valence-electron chi connectivity index (χ1n) is 13.5. The van der Waals surface area contributed by atoms with E-state index in [-0.39, 0.29) is 0 Å². The van der Waals surface area contributed by atoms with E-state index in [0.717, 1.165) is 0 Å². The zero-order chi connectivity index (χ0) is 25.5. The van der Waals surface area contributed by atoms with Crippen molar-refractivity contribution >= 4 is 59.6 Å². The minimum absolute atomic E-state index is 1.24. The standard InChI is InChI=1S/C38H23N/c1-2-8-24(9-3-1)25-14-16-26(17-15-25)31-20-34-32-18-27-10-4-6-12-29(27)22-36(32)39-37-23-30-13-7-5-11-28(30)19-33(37)35(21-31)38(34)39/h1-23H. The number of aromatic nitrogens is 1. The maximum atomic E-state index is 2.50. The van der Waals surface area contributed by atoms with Gasteiger partial charge in [0.05, 0.1) is 16.6 Å². The zero-order valence-electron chi connectivity index (χ0n) is 21.2. The minimum atomic E-state index is 1.24. The summed E-state index contributed by atoms with van der Waals surface area (Å²) in [6.45, 7) is 0. The molecule has 1 nitrogen and oxygen atoms in total. The van der Waals surface area contributed by atoms with Crippen LogP contribution in [0.4, 0.5) is 0 Å². The molecule has 0 radical (unpaired) electrons. The summed E-state index contributed by atoms with van der Waals surface area (Å²) in [5.74, 6) is 0. The highest BCUT2D eigenvalue weighted by Crippen LogP contribution is 2.43. The molecule has 2 aromatic heterocycles. The lowest BCUT2D eigenvalue weighted by Gasteiger charge is -2.07. The van der Waals surface area contributed by atoms with E-state index in [9.17, 15) is 0 Å². The molecular weight excluding hydrogens is 470 g/mol. The fraction of sp³-hybridized carbons (Fsp3) is 0. The Morgan fingerprint density at radius 3 is 1.23 bits per heavy atom. The Morgan fingerprint density at radius 2 is 0.718 bits per heavy atom. The third-order valence-corrected chi connectivity index (χ3v) is 8.45. The highest BCUT2D eigenvalue weighted by molar-refractivity contribution is 6.26. The number of fused-ring (bicyclic) bond motifs is 8. The molecule has 0 unspecified atom stereocenters. The van der Waals surface area contributed by atoms with Crippen molar-refractivity contribution < 1.29 is 0 Å². The van der Waals surface area contributed by atoms with Crippen molar-refractivity contribution in [1.29, 1.82) is 0 Å². The molecule has 2 heterocycles. The molecule has 0 bridgehead atoms. The maximum absolute atomic E-state index is 2.50. The van der Waals surface area contributed by atoms with E-state index in [1.807, 2.05) is 0 Å². The number of hydrogen-bond donors (Lipinski definition) is 0. The molecule has 0 aliphatic rings. The van der Waals surface area contributed by atoms with Gasteiger partial charge in [-0.05, 0) is 80.2 Å². The van der Waals surface area contributed by atoms with Crippen LogP contribution in [0.15, 0.2) is 140 Å². The van der Waals surface area contributed by atoms with Crippen molar-refractivity contribution in [2.75, 3.05) is 0 Å². The predicted molar refractivity (Wildman–Crippen MR) is 167 cm³/mol. The van der Waals surface area contributed by atoms with Gasteiger partial charge in [-0.3, -0.25) is 0 Å². The molecule has 9 aromatic rings. The number of hydrogen-bond acceptors (Lipinski definition) is 0. The quantitative estimate of drug-likeness (QED) is 0.226. The molecule has 0 N–H and O–H groups in total. The van der Waals surface area contributed by atoms with E-state index >= 15 is 0 Å². The third kappa shape index (κ3) is 2.96. The van der Waals surface area contributed by atoms with Crippen molar-refractivity contribution in [1.82, 2.24) is 4.40 Å².